The van der Waals surface area contributed by atoms with Crippen LogP contribution in [0.5, 0.6) is 0 Å². The summed E-state index contributed by atoms with van der Waals surface area (Å²) < 4.78 is 29.0. The lowest BCUT2D eigenvalue weighted by Gasteiger charge is -2.11. The zero-order chi connectivity index (χ0) is 13.8. The molecule has 0 spiro atoms. The number of nitrogens with zero attached hydrogens (tertiary/aromatic N) is 2. The summed E-state index contributed by atoms with van der Waals surface area (Å²) in [5.74, 6) is -0.511. The van der Waals surface area contributed by atoms with Gasteiger partial charge in [0.2, 0.25) is 5.95 Å². The third-order valence-electron chi connectivity index (χ3n) is 2.70. The number of anilines is 1. The van der Waals surface area contributed by atoms with Crippen LogP contribution in [-0.2, 0) is 0 Å². The predicted molar refractivity (Wildman–Crippen MR) is 74.6 cm³/mol. The van der Waals surface area contributed by atoms with Crippen LogP contribution < -0.4 is 5.32 Å². The number of hydrogen-bond donors (Lipinski definition) is 1. The first-order valence-corrected chi connectivity index (χ1v) is 6.85. The van der Waals surface area contributed by atoms with Gasteiger partial charge in [-0.3, -0.25) is 4.57 Å². The van der Waals surface area contributed by atoms with Crippen LogP contribution in [0.3, 0.4) is 0 Å². The van der Waals surface area contributed by atoms with Gasteiger partial charge in [0.25, 0.3) is 0 Å². The van der Waals surface area contributed by atoms with Crippen LogP contribution in [0.15, 0.2) is 29.0 Å². The largest absolute Gasteiger partial charge is 0.355 e. The van der Waals surface area contributed by atoms with E-state index in [1.807, 2.05) is 0 Å². The number of nitrogens with one attached hydrogen (secondary N) is 1. The molecule has 0 bridgehead atoms. The molecule has 0 atom stereocenters. The molecule has 0 saturated carbocycles. The summed E-state index contributed by atoms with van der Waals surface area (Å²) in [6.45, 7) is 2.83. The van der Waals surface area contributed by atoms with Crippen molar-refractivity contribution in [3.63, 3.8) is 0 Å². The normalized spacial score (nSPS) is 10.7. The van der Waals surface area contributed by atoms with E-state index < -0.39 is 11.6 Å². The molecule has 0 saturated heterocycles. The van der Waals surface area contributed by atoms with Crippen LogP contribution in [0, 0.1) is 11.6 Å². The molecule has 1 aromatic heterocycles. The van der Waals surface area contributed by atoms with Gasteiger partial charge in [0, 0.05) is 25.0 Å². The lowest BCUT2D eigenvalue weighted by Crippen LogP contribution is -2.08. The number of benzene rings is 1. The van der Waals surface area contributed by atoms with Gasteiger partial charge in [0.15, 0.2) is 0 Å². The predicted octanol–water partition coefficient (Wildman–Crippen LogP) is 4.13. The first kappa shape index (κ1) is 14.0. The van der Waals surface area contributed by atoms with Gasteiger partial charge in [0.05, 0.1) is 10.2 Å². The second kappa shape index (κ2) is 6.14. The molecule has 2 aromatic rings. The molecule has 0 aliphatic heterocycles. The molecule has 0 aliphatic carbocycles. The van der Waals surface area contributed by atoms with Crippen LogP contribution in [0.2, 0.25) is 0 Å². The van der Waals surface area contributed by atoms with Gasteiger partial charge in [-0.2, -0.15) is 0 Å². The summed E-state index contributed by atoms with van der Waals surface area (Å²) in [7, 11) is 0. The van der Waals surface area contributed by atoms with Crippen LogP contribution in [0.4, 0.5) is 14.7 Å². The van der Waals surface area contributed by atoms with Crippen LogP contribution in [-0.4, -0.2) is 16.1 Å². The van der Waals surface area contributed by atoms with E-state index in [1.54, 1.807) is 12.4 Å². The average molecular weight is 330 g/mol. The van der Waals surface area contributed by atoms with Crippen molar-refractivity contribution in [3.05, 3.63) is 40.6 Å². The fraction of sp³-hybridized carbons (Fsp3) is 0.308. The summed E-state index contributed by atoms with van der Waals surface area (Å²) in [5, 5.41) is 3.10. The van der Waals surface area contributed by atoms with E-state index in [-0.39, 0.29) is 10.2 Å². The minimum Gasteiger partial charge on any atom is -0.355 e. The van der Waals surface area contributed by atoms with E-state index in [1.165, 1.54) is 4.57 Å². The van der Waals surface area contributed by atoms with Crippen LogP contribution in [0.25, 0.3) is 5.69 Å². The summed E-state index contributed by atoms with van der Waals surface area (Å²) in [4.78, 5) is 4.11. The van der Waals surface area contributed by atoms with Crippen molar-refractivity contribution in [2.45, 2.75) is 19.8 Å². The van der Waals surface area contributed by atoms with E-state index in [0.717, 1.165) is 31.5 Å². The Labute approximate surface area is 118 Å². The maximum Gasteiger partial charge on any atom is 0.207 e. The topological polar surface area (TPSA) is 29.9 Å². The number of aromatic nitrogens is 2. The van der Waals surface area contributed by atoms with Crippen molar-refractivity contribution < 1.29 is 8.78 Å². The van der Waals surface area contributed by atoms with Crippen LogP contribution >= 0.6 is 15.9 Å². The number of hydrogen-bond acceptors (Lipinski definition) is 2. The second-order valence-electron chi connectivity index (χ2n) is 4.12. The van der Waals surface area contributed by atoms with Crippen molar-refractivity contribution in [3.8, 4) is 5.69 Å². The monoisotopic (exact) mass is 329 g/mol. The lowest BCUT2D eigenvalue weighted by molar-refractivity contribution is 0.587. The van der Waals surface area contributed by atoms with Gasteiger partial charge in [0.1, 0.15) is 11.6 Å². The average Bonchev–Trinajstić information content (AvgIpc) is 2.82. The number of rotatable bonds is 5. The Hall–Kier alpha value is -1.43. The maximum atomic E-state index is 13.9. The van der Waals surface area contributed by atoms with Crippen molar-refractivity contribution in [2.75, 3.05) is 11.9 Å². The van der Waals surface area contributed by atoms with Crippen molar-refractivity contribution in [1.29, 1.82) is 0 Å². The molecule has 1 heterocycles. The molecule has 6 heteroatoms. The highest BCUT2D eigenvalue weighted by atomic mass is 79.9. The van der Waals surface area contributed by atoms with E-state index in [0.29, 0.717) is 5.95 Å². The van der Waals surface area contributed by atoms with E-state index in [4.69, 9.17) is 0 Å². The molecule has 0 unspecified atom stereocenters. The van der Waals surface area contributed by atoms with Gasteiger partial charge in [-0.05, 0) is 28.4 Å². The van der Waals surface area contributed by atoms with Gasteiger partial charge < -0.3 is 5.32 Å². The van der Waals surface area contributed by atoms with E-state index >= 15 is 0 Å². The molecule has 1 N–H and O–H groups in total. The third kappa shape index (κ3) is 3.12. The van der Waals surface area contributed by atoms with E-state index in [2.05, 4.69) is 33.2 Å². The van der Waals surface area contributed by atoms with E-state index in [9.17, 15) is 8.78 Å². The van der Waals surface area contributed by atoms with Gasteiger partial charge in [-0.1, -0.05) is 13.3 Å². The van der Waals surface area contributed by atoms with Gasteiger partial charge in [-0.25, -0.2) is 13.8 Å². The van der Waals surface area contributed by atoms with Gasteiger partial charge >= 0.3 is 0 Å². The molecule has 0 radical (unpaired) electrons. The lowest BCUT2D eigenvalue weighted by atomic mass is 10.3. The van der Waals surface area contributed by atoms with Crippen molar-refractivity contribution in [2.24, 2.45) is 0 Å². The molecular formula is C13H14BrF2N3. The Bertz CT molecular complexity index is 569. The number of unbranched alkanes of at least 4 members (excludes halogenated alkanes) is 1. The Morgan fingerprint density at radius 2 is 2.11 bits per heavy atom. The number of halogens is 3. The quantitative estimate of drug-likeness (QED) is 0.660. The Kier molecular flexibility index (Phi) is 4.52. The van der Waals surface area contributed by atoms with Crippen LogP contribution in [0.1, 0.15) is 19.8 Å². The third-order valence-corrected chi connectivity index (χ3v) is 3.31. The fourth-order valence-corrected chi connectivity index (χ4v) is 2.02. The summed E-state index contributed by atoms with van der Waals surface area (Å²) in [6.07, 6.45) is 5.19. The first-order valence-electron chi connectivity index (χ1n) is 6.05. The highest BCUT2D eigenvalue weighted by Crippen LogP contribution is 2.24. The SMILES string of the molecule is CCCCNc1nccn1-c1cc(F)c(Br)cc1F. The molecule has 19 heavy (non-hydrogen) atoms. The molecule has 3 nitrogen and oxygen atoms in total. The van der Waals surface area contributed by atoms with Gasteiger partial charge in [-0.15, -0.1) is 0 Å². The van der Waals surface area contributed by atoms with Crippen molar-refractivity contribution >= 4 is 21.9 Å². The number of imidazole rings is 1. The Morgan fingerprint density at radius 3 is 2.84 bits per heavy atom. The van der Waals surface area contributed by atoms with Crippen molar-refractivity contribution in [1.82, 2.24) is 9.55 Å². The molecular weight excluding hydrogens is 316 g/mol. The maximum absolute atomic E-state index is 13.9. The molecule has 0 aliphatic rings. The fourth-order valence-electron chi connectivity index (χ4n) is 1.70. The minimum absolute atomic E-state index is 0.106. The Morgan fingerprint density at radius 1 is 1.32 bits per heavy atom. The molecule has 1 aromatic carbocycles. The molecule has 0 fully saturated rings. The summed E-state index contributed by atoms with van der Waals surface area (Å²) in [6, 6.07) is 2.26. The molecule has 2 rings (SSSR count). The smallest absolute Gasteiger partial charge is 0.207 e. The molecule has 0 amide bonds. The first-order chi connectivity index (χ1) is 9.13. The highest BCUT2D eigenvalue weighted by Gasteiger charge is 2.12. The zero-order valence-corrected chi connectivity index (χ0v) is 12.0. The Balaban J connectivity index is 2.32. The zero-order valence-electron chi connectivity index (χ0n) is 10.5. The second-order valence-corrected chi connectivity index (χ2v) is 4.97. The molecule has 102 valence electrons. The minimum atomic E-state index is -0.510. The summed E-state index contributed by atoms with van der Waals surface area (Å²) >= 11 is 2.96. The highest BCUT2D eigenvalue weighted by molar-refractivity contribution is 9.10. The standard InChI is InChI=1S/C13H14BrF2N3/c1-2-3-4-17-13-18-5-6-19(13)12-8-10(15)9(14)7-11(12)16/h5-8H,2-4H2,1H3,(H,17,18). The summed E-state index contributed by atoms with van der Waals surface area (Å²) in [5.41, 5.74) is 0.136.